The Morgan fingerprint density at radius 1 is 1.10 bits per heavy atom. The second-order valence-electron chi connectivity index (χ2n) is 5.11. The van der Waals surface area contributed by atoms with Crippen LogP contribution >= 0.6 is 0 Å². The summed E-state index contributed by atoms with van der Waals surface area (Å²) in [5.74, 6) is -1.23. The van der Waals surface area contributed by atoms with Gasteiger partial charge in [0.1, 0.15) is 11.6 Å². The molecule has 2 aromatic carbocycles. The van der Waals surface area contributed by atoms with Gasteiger partial charge in [0.05, 0.1) is 6.04 Å². The van der Waals surface area contributed by atoms with Crippen LogP contribution in [0, 0.1) is 11.6 Å². The van der Waals surface area contributed by atoms with Gasteiger partial charge in [-0.05, 0) is 47.2 Å². The smallest absolute Gasteiger partial charge is 0.405 e. The van der Waals surface area contributed by atoms with E-state index in [-0.39, 0.29) is 6.04 Å². The van der Waals surface area contributed by atoms with Gasteiger partial charge >= 0.3 is 6.09 Å². The first-order valence-electron chi connectivity index (χ1n) is 6.61. The van der Waals surface area contributed by atoms with Crippen LogP contribution in [0.1, 0.15) is 23.6 Å². The average molecular weight is 289 g/mol. The molecule has 108 valence electrons. The minimum Gasteiger partial charge on any atom is -0.465 e. The Labute approximate surface area is 120 Å². The second-order valence-corrected chi connectivity index (χ2v) is 5.11. The van der Waals surface area contributed by atoms with E-state index in [1.165, 1.54) is 12.1 Å². The number of amides is 1. The van der Waals surface area contributed by atoms with E-state index >= 15 is 0 Å². The molecule has 0 spiro atoms. The van der Waals surface area contributed by atoms with E-state index in [0.717, 1.165) is 29.2 Å². The third kappa shape index (κ3) is 2.72. The van der Waals surface area contributed by atoms with E-state index in [1.54, 1.807) is 6.07 Å². The molecule has 0 bridgehead atoms. The van der Waals surface area contributed by atoms with Crippen LogP contribution in [-0.2, 0) is 6.42 Å². The maximum absolute atomic E-state index is 13.3. The molecule has 0 saturated heterocycles. The van der Waals surface area contributed by atoms with Crippen molar-refractivity contribution in [2.24, 2.45) is 0 Å². The molecule has 0 fully saturated rings. The third-order valence-electron chi connectivity index (χ3n) is 3.71. The van der Waals surface area contributed by atoms with E-state index in [0.29, 0.717) is 12.0 Å². The standard InChI is InChI=1S/C16H13F2NO2/c17-12-6-11(7-13(18)8-12)9-1-3-14-10(5-9)2-4-15(14)19-16(20)21/h1,3,5-8,15,19H,2,4H2,(H,20,21). The number of fused-ring (bicyclic) bond motifs is 1. The zero-order valence-electron chi connectivity index (χ0n) is 11.1. The summed E-state index contributed by atoms with van der Waals surface area (Å²) < 4.78 is 26.6. The first kappa shape index (κ1) is 13.5. The molecule has 1 amide bonds. The lowest BCUT2D eigenvalue weighted by atomic mass is 9.99. The predicted octanol–water partition coefficient (Wildman–Crippen LogP) is 3.89. The fourth-order valence-corrected chi connectivity index (χ4v) is 2.82. The number of hydrogen-bond donors (Lipinski definition) is 2. The Morgan fingerprint density at radius 3 is 2.48 bits per heavy atom. The normalized spacial score (nSPS) is 16.6. The highest BCUT2D eigenvalue weighted by atomic mass is 19.1. The molecule has 2 aromatic rings. The van der Waals surface area contributed by atoms with Crippen molar-refractivity contribution in [3.8, 4) is 11.1 Å². The Bertz CT molecular complexity index is 695. The highest BCUT2D eigenvalue weighted by molar-refractivity contribution is 5.68. The highest BCUT2D eigenvalue weighted by Gasteiger charge is 2.24. The topological polar surface area (TPSA) is 49.3 Å². The maximum atomic E-state index is 13.3. The molecule has 0 heterocycles. The molecule has 0 aromatic heterocycles. The largest absolute Gasteiger partial charge is 0.465 e. The van der Waals surface area contributed by atoms with Crippen LogP contribution in [0.2, 0.25) is 0 Å². The summed E-state index contributed by atoms with van der Waals surface area (Å²) in [7, 11) is 0. The first-order chi connectivity index (χ1) is 10.0. The summed E-state index contributed by atoms with van der Waals surface area (Å²) in [6.45, 7) is 0. The number of rotatable bonds is 2. The minimum atomic E-state index is -1.05. The highest BCUT2D eigenvalue weighted by Crippen LogP contribution is 2.34. The Kier molecular flexibility index (Phi) is 3.33. The molecule has 1 atom stereocenters. The van der Waals surface area contributed by atoms with Crippen molar-refractivity contribution in [3.05, 3.63) is 59.2 Å². The number of nitrogens with one attached hydrogen (secondary N) is 1. The fourth-order valence-electron chi connectivity index (χ4n) is 2.82. The zero-order valence-corrected chi connectivity index (χ0v) is 11.1. The van der Waals surface area contributed by atoms with Crippen LogP contribution in [-0.4, -0.2) is 11.2 Å². The third-order valence-corrected chi connectivity index (χ3v) is 3.71. The molecule has 0 aliphatic heterocycles. The van der Waals surface area contributed by atoms with Crippen LogP contribution < -0.4 is 5.32 Å². The monoisotopic (exact) mass is 289 g/mol. The summed E-state index contributed by atoms with van der Waals surface area (Å²) in [6, 6.07) is 8.64. The number of benzene rings is 2. The van der Waals surface area contributed by atoms with Gasteiger partial charge in [-0.1, -0.05) is 18.2 Å². The molecule has 0 saturated carbocycles. The Balaban J connectivity index is 1.95. The van der Waals surface area contributed by atoms with Gasteiger partial charge in [0, 0.05) is 6.07 Å². The summed E-state index contributed by atoms with van der Waals surface area (Å²) in [6.07, 6.45) is 0.387. The van der Waals surface area contributed by atoms with Crippen molar-refractivity contribution in [2.75, 3.05) is 0 Å². The van der Waals surface area contributed by atoms with Gasteiger partial charge in [-0.3, -0.25) is 0 Å². The molecule has 2 N–H and O–H groups in total. The van der Waals surface area contributed by atoms with Crippen LogP contribution in [0.25, 0.3) is 11.1 Å². The van der Waals surface area contributed by atoms with Gasteiger partial charge in [0.25, 0.3) is 0 Å². The number of carboxylic acid groups (broad SMARTS) is 1. The molecule has 3 rings (SSSR count). The fraction of sp³-hybridized carbons (Fsp3) is 0.188. The molecule has 1 unspecified atom stereocenters. The number of hydrogen-bond acceptors (Lipinski definition) is 1. The van der Waals surface area contributed by atoms with Crippen molar-refractivity contribution in [2.45, 2.75) is 18.9 Å². The SMILES string of the molecule is O=C(O)NC1CCc2cc(-c3cc(F)cc(F)c3)ccc21. The van der Waals surface area contributed by atoms with Crippen LogP contribution in [0.4, 0.5) is 13.6 Å². The second kappa shape index (κ2) is 5.16. The van der Waals surface area contributed by atoms with Crippen LogP contribution in [0.5, 0.6) is 0 Å². The van der Waals surface area contributed by atoms with Crippen molar-refractivity contribution in [1.82, 2.24) is 5.32 Å². The molecule has 1 aliphatic carbocycles. The molecule has 3 nitrogen and oxygen atoms in total. The number of carbonyl (C=O) groups is 1. The van der Waals surface area contributed by atoms with E-state index in [9.17, 15) is 13.6 Å². The van der Waals surface area contributed by atoms with E-state index in [2.05, 4.69) is 5.32 Å². The molecular weight excluding hydrogens is 276 g/mol. The summed E-state index contributed by atoms with van der Waals surface area (Å²) >= 11 is 0. The molecule has 1 aliphatic rings. The lowest BCUT2D eigenvalue weighted by Crippen LogP contribution is -2.24. The maximum Gasteiger partial charge on any atom is 0.405 e. The lowest BCUT2D eigenvalue weighted by Gasteiger charge is -2.12. The van der Waals surface area contributed by atoms with E-state index < -0.39 is 17.7 Å². The summed E-state index contributed by atoms with van der Waals surface area (Å²) in [4.78, 5) is 10.7. The number of aryl methyl sites for hydroxylation is 1. The molecule has 0 radical (unpaired) electrons. The van der Waals surface area contributed by atoms with Crippen LogP contribution in [0.15, 0.2) is 36.4 Å². The molecular formula is C16H13F2NO2. The van der Waals surface area contributed by atoms with Gasteiger partial charge in [-0.2, -0.15) is 0 Å². The van der Waals surface area contributed by atoms with E-state index in [4.69, 9.17) is 5.11 Å². The first-order valence-corrected chi connectivity index (χ1v) is 6.61. The summed E-state index contributed by atoms with van der Waals surface area (Å²) in [5.41, 5.74) is 3.14. The van der Waals surface area contributed by atoms with Gasteiger partial charge < -0.3 is 10.4 Å². The van der Waals surface area contributed by atoms with Gasteiger partial charge in [0.2, 0.25) is 0 Å². The van der Waals surface area contributed by atoms with Crippen molar-refractivity contribution in [3.63, 3.8) is 0 Å². The number of halogens is 2. The molecule has 5 heteroatoms. The van der Waals surface area contributed by atoms with Crippen molar-refractivity contribution >= 4 is 6.09 Å². The van der Waals surface area contributed by atoms with Gasteiger partial charge in [0.15, 0.2) is 0 Å². The van der Waals surface area contributed by atoms with Gasteiger partial charge in [-0.25, -0.2) is 13.6 Å². The Morgan fingerprint density at radius 2 is 1.81 bits per heavy atom. The van der Waals surface area contributed by atoms with E-state index in [1.807, 2.05) is 12.1 Å². The van der Waals surface area contributed by atoms with Gasteiger partial charge in [-0.15, -0.1) is 0 Å². The lowest BCUT2D eigenvalue weighted by molar-refractivity contribution is 0.190. The Hall–Kier alpha value is -2.43. The zero-order chi connectivity index (χ0) is 15.0. The molecule has 21 heavy (non-hydrogen) atoms. The minimum absolute atomic E-state index is 0.212. The average Bonchev–Trinajstić information content (AvgIpc) is 2.79. The summed E-state index contributed by atoms with van der Waals surface area (Å²) in [5, 5.41) is 11.3. The predicted molar refractivity (Wildman–Crippen MR) is 74.0 cm³/mol. The van der Waals surface area contributed by atoms with Crippen molar-refractivity contribution in [1.29, 1.82) is 0 Å². The van der Waals surface area contributed by atoms with Crippen LogP contribution in [0.3, 0.4) is 0 Å². The van der Waals surface area contributed by atoms with Crippen molar-refractivity contribution < 1.29 is 18.7 Å². The quantitative estimate of drug-likeness (QED) is 0.881.